The molecule has 0 aliphatic rings. The summed E-state index contributed by atoms with van der Waals surface area (Å²) in [6.07, 6.45) is 1.79. The van der Waals surface area contributed by atoms with Crippen LogP contribution in [0.25, 0.3) is 0 Å². The summed E-state index contributed by atoms with van der Waals surface area (Å²) in [6.45, 7) is 3.06. The molecular weight excluding hydrogens is 289 g/mol. The third-order valence-corrected chi connectivity index (χ3v) is 3.42. The van der Waals surface area contributed by atoms with Crippen LogP contribution in [0.15, 0.2) is 22.7 Å². The Hall–Kier alpha value is -0.0900. The quantitative estimate of drug-likeness (QED) is 0.845. The fraction of sp³-hybridized carbons (Fsp3) is 0.500. The van der Waals surface area contributed by atoms with Gasteiger partial charge in [0.25, 0.3) is 0 Å². The normalized spacial score (nSPS) is 12.8. The van der Waals surface area contributed by atoms with Crippen LogP contribution < -0.4 is 5.32 Å². The van der Waals surface area contributed by atoms with E-state index in [1.165, 1.54) is 0 Å². The largest absolute Gasteiger partial charge is 0.396 e. The maximum Gasteiger partial charge on any atom is 0.0451 e. The average molecular weight is 307 g/mol. The lowest BCUT2D eigenvalue weighted by molar-refractivity contribution is 0.262. The predicted molar refractivity (Wildman–Crippen MR) is 71.8 cm³/mol. The molecule has 4 heteroatoms. The number of rotatable bonds is 6. The summed E-state index contributed by atoms with van der Waals surface area (Å²) in [5, 5.41) is 13.1. The van der Waals surface area contributed by atoms with E-state index in [4.69, 9.17) is 16.7 Å². The Kier molecular flexibility index (Phi) is 6.36. The lowest BCUT2D eigenvalue weighted by Gasteiger charge is -2.16. The Morgan fingerprint density at radius 2 is 2.25 bits per heavy atom. The summed E-state index contributed by atoms with van der Waals surface area (Å²) in [6, 6.07) is 6.17. The molecule has 0 radical (unpaired) electrons. The Morgan fingerprint density at radius 3 is 2.88 bits per heavy atom. The van der Waals surface area contributed by atoms with E-state index in [9.17, 15) is 0 Å². The number of benzene rings is 1. The van der Waals surface area contributed by atoms with Gasteiger partial charge in [-0.2, -0.15) is 0 Å². The van der Waals surface area contributed by atoms with Crippen LogP contribution in [0.5, 0.6) is 0 Å². The van der Waals surface area contributed by atoms with E-state index in [2.05, 4.69) is 28.2 Å². The monoisotopic (exact) mass is 305 g/mol. The first-order chi connectivity index (χ1) is 7.67. The van der Waals surface area contributed by atoms with E-state index in [1.54, 1.807) is 0 Å². The van der Waals surface area contributed by atoms with Crippen molar-refractivity contribution in [2.75, 3.05) is 6.61 Å². The molecule has 0 fully saturated rings. The zero-order valence-corrected chi connectivity index (χ0v) is 11.7. The number of hydrogen-bond donors (Lipinski definition) is 2. The van der Waals surface area contributed by atoms with Crippen LogP contribution in [0.3, 0.4) is 0 Å². The summed E-state index contributed by atoms with van der Waals surface area (Å²) < 4.78 is 1.03. The Labute approximate surface area is 110 Å². The third kappa shape index (κ3) is 4.42. The lowest BCUT2D eigenvalue weighted by atomic mass is 10.1. The number of aliphatic hydroxyl groups is 1. The molecule has 0 aliphatic heterocycles. The second kappa shape index (κ2) is 7.28. The van der Waals surface area contributed by atoms with Crippen molar-refractivity contribution in [2.24, 2.45) is 0 Å². The van der Waals surface area contributed by atoms with Gasteiger partial charge in [0.1, 0.15) is 0 Å². The van der Waals surface area contributed by atoms with E-state index in [1.807, 2.05) is 18.2 Å². The van der Waals surface area contributed by atoms with Crippen LogP contribution in [0, 0.1) is 0 Å². The maximum atomic E-state index is 8.89. The van der Waals surface area contributed by atoms with Gasteiger partial charge in [0.15, 0.2) is 0 Å². The fourth-order valence-corrected chi connectivity index (χ4v) is 2.13. The Balaban J connectivity index is 2.55. The summed E-state index contributed by atoms with van der Waals surface area (Å²) in [5.41, 5.74) is 1.08. The van der Waals surface area contributed by atoms with Crippen molar-refractivity contribution in [3.05, 3.63) is 33.3 Å². The van der Waals surface area contributed by atoms with Gasteiger partial charge in [0, 0.05) is 28.7 Å². The van der Waals surface area contributed by atoms with Crippen LogP contribution in [0.4, 0.5) is 0 Å². The molecule has 1 aromatic carbocycles. The van der Waals surface area contributed by atoms with Crippen molar-refractivity contribution in [3.8, 4) is 0 Å². The van der Waals surface area contributed by atoms with E-state index in [-0.39, 0.29) is 6.61 Å². The van der Waals surface area contributed by atoms with Gasteiger partial charge in [0.05, 0.1) is 0 Å². The number of hydrogen-bond acceptors (Lipinski definition) is 2. The van der Waals surface area contributed by atoms with E-state index < -0.39 is 0 Å². The minimum Gasteiger partial charge on any atom is -0.396 e. The van der Waals surface area contributed by atoms with Gasteiger partial charge >= 0.3 is 0 Å². The highest BCUT2D eigenvalue weighted by Crippen LogP contribution is 2.21. The van der Waals surface area contributed by atoms with E-state index in [0.717, 1.165) is 34.4 Å². The first-order valence-electron chi connectivity index (χ1n) is 5.45. The van der Waals surface area contributed by atoms with Gasteiger partial charge in [-0.3, -0.25) is 0 Å². The third-order valence-electron chi connectivity index (χ3n) is 2.56. The molecular formula is C12H17BrClNO. The second-order valence-electron chi connectivity index (χ2n) is 3.73. The van der Waals surface area contributed by atoms with Crippen molar-refractivity contribution in [3.63, 3.8) is 0 Å². The molecule has 2 nitrogen and oxygen atoms in total. The molecule has 0 spiro atoms. The van der Waals surface area contributed by atoms with Crippen LogP contribution in [0.1, 0.15) is 25.3 Å². The van der Waals surface area contributed by atoms with Crippen LogP contribution in [-0.2, 0) is 6.54 Å². The topological polar surface area (TPSA) is 32.3 Å². The molecule has 2 N–H and O–H groups in total. The highest BCUT2D eigenvalue weighted by Gasteiger charge is 2.06. The smallest absolute Gasteiger partial charge is 0.0451 e. The summed E-state index contributed by atoms with van der Waals surface area (Å²) >= 11 is 9.51. The first kappa shape index (κ1) is 14.0. The molecule has 1 rings (SSSR count). The zero-order valence-electron chi connectivity index (χ0n) is 9.34. The molecule has 0 saturated heterocycles. The molecule has 0 aromatic heterocycles. The SMILES string of the molecule is CCC(CCO)NCc1cc(Br)ccc1Cl. The standard InChI is InChI=1S/C12H17BrClNO/c1-2-11(5-6-16)15-8-9-7-10(13)3-4-12(9)14/h3-4,7,11,15-16H,2,5-6,8H2,1H3. The first-order valence-corrected chi connectivity index (χ1v) is 6.62. The van der Waals surface area contributed by atoms with Gasteiger partial charge in [-0.15, -0.1) is 0 Å². The van der Waals surface area contributed by atoms with Gasteiger partial charge in [-0.05, 0) is 36.6 Å². The average Bonchev–Trinajstić information content (AvgIpc) is 2.28. The Bertz CT molecular complexity index is 333. The van der Waals surface area contributed by atoms with E-state index in [0.29, 0.717) is 6.04 Å². The van der Waals surface area contributed by atoms with E-state index >= 15 is 0 Å². The summed E-state index contributed by atoms with van der Waals surface area (Å²) in [4.78, 5) is 0. The minimum atomic E-state index is 0.220. The number of aliphatic hydroxyl groups excluding tert-OH is 1. The molecule has 1 aromatic rings. The van der Waals surface area contributed by atoms with Crippen molar-refractivity contribution < 1.29 is 5.11 Å². The van der Waals surface area contributed by atoms with Crippen molar-refractivity contribution in [1.29, 1.82) is 0 Å². The molecule has 0 amide bonds. The molecule has 16 heavy (non-hydrogen) atoms. The summed E-state index contributed by atoms with van der Waals surface area (Å²) in [5.74, 6) is 0. The molecule has 90 valence electrons. The molecule has 0 aliphatic carbocycles. The molecule has 0 heterocycles. The maximum absolute atomic E-state index is 8.89. The lowest BCUT2D eigenvalue weighted by Crippen LogP contribution is -2.28. The fourth-order valence-electron chi connectivity index (χ4n) is 1.54. The van der Waals surface area contributed by atoms with Crippen LogP contribution in [0.2, 0.25) is 5.02 Å². The van der Waals surface area contributed by atoms with Crippen molar-refractivity contribution >= 4 is 27.5 Å². The molecule has 1 atom stereocenters. The van der Waals surface area contributed by atoms with Gasteiger partial charge in [0.2, 0.25) is 0 Å². The molecule has 0 bridgehead atoms. The zero-order chi connectivity index (χ0) is 12.0. The second-order valence-corrected chi connectivity index (χ2v) is 5.06. The molecule has 1 unspecified atom stereocenters. The van der Waals surface area contributed by atoms with Gasteiger partial charge < -0.3 is 10.4 Å². The summed E-state index contributed by atoms with van der Waals surface area (Å²) in [7, 11) is 0. The minimum absolute atomic E-state index is 0.220. The predicted octanol–water partition coefficient (Wildman–Crippen LogP) is 3.35. The van der Waals surface area contributed by atoms with Crippen molar-refractivity contribution in [1.82, 2.24) is 5.32 Å². The number of nitrogens with one attached hydrogen (secondary N) is 1. The van der Waals surface area contributed by atoms with Gasteiger partial charge in [-0.25, -0.2) is 0 Å². The van der Waals surface area contributed by atoms with Crippen molar-refractivity contribution in [2.45, 2.75) is 32.4 Å². The number of halogens is 2. The Morgan fingerprint density at radius 1 is 1.50 bits per heavy atom. The highest BCUT2D eigenvalue weighted by atomic mass is 79.9. The van der Waals surface area contributed by atoms with Crippen LogP contribution in [-0.4, -0.2) is 17.8 Å². The molecule has 0 saturated carbocycles. The van der Waals surface area contributed by atoms with Crippen LogP contribution >= 0.6 is 27.5 Å². The van der Waals surface area contributed by atoms with Gasteiger partial charge in [-0.1, -0.05) is 34.5 Å². The highest BCUT2D eigenvalue weighted by molar-refractivity contribution is 9.10.